The van der Waals surface area contributed by atoms with Gasteiger partial charge in [-0.2, -0.15) is 5.21 Å². The third kappa shape index (κ3) is 5.26. The monoisotopic (exact) mass is 477 g/mol. The summed E-state index contributed by atoms with van der Waals surface area (Å²) in [4.78, 5) is 35.9. The summed E-state index contributed by atoms with van der Waals surface area (Å²) in [7, 11) is 3.20. The molecule has 0 aliphatic carbocycles. The Morgan fingerprint density at radius 2 is 1.94 bits per heavy atom. The second-order valence-corrected chi connectivity index (χ2v) is 8.00. The smallest absolute Gasteiger partial charge is 0.337 e. The first kappa shape index (κ1) is 23.8. The molecule has 4 rings (SSSR count). The lowest BCUT2D eigenvalue weighted by Gasteiger charge is -2.20. The van der Waals surface area contributed by atoms with Gasteiger partial charge in [-0.3, -0.25) is 9.69 Å². The zero-order valence-corrected chi connectivity index (χ0v) is 19.9. The maximum absolute atomic E-state index is 13.8. The van der Waals surface area contributed by atoms with Crippen LogP contribution in [0.1, 0.15) is 57.8 Å². The number of ether oxygens (including phenoxy) is 1. The lowest BCUT2D eigenvalue weighted by Crippen LogP contribution is -2.34. The van der Waals surface area contributed by atoms with Gasteiger partial charge in [0.25, 0.3) is 11.9 Å². The second kappa shape index (κ2) is 10.7. The maximum atomic E-state index is 13.8. The van der Waals surface area contributed by atoms with Gasteiger partial charge in [-0.05, 0) is 29.3 Å². The molecule has 0 fully saturated rings. The Hall–Kier alpha value is -4.35. The normalized spacial score (nSPS) is 10.9. The fourth-order valence-corrected chi connectivity index (χ4v) is 3.67. The molecular formula is C23H27N9O3. The highest BCUT2D eigenvalue weighted by atomic mass is 16.5. The molecule has 0 saturated carbocycles. The van der Waals surface area contributed by atoms with Crippen molar-refractivity contribution in [2.75, 3.05) is 12.0 Å². The van der Waals surface area contributed by atoms with Gasteiger partial charge < -0.3 is 13.9 Å². The molecule has 1 N–H and O–H groups in total. The Morgan fingerprint density at radius 1 is 1.14 bits per heavy atom. The van der Waals surface area contributed by atoms with E-state index in [1.54, 1.807) is 30.7 Å². The van der Waals surface area contributed by atoms with Gasteiger partial charge in [0, 0.05) is 32.4 Å². The summed E-state index contributed by atoms with van der Waals surface area (Å²) in [6.45, 7) is 2.67. The minimum Gasteiger partial charge on any atom is -0.465 e. The van der Waals surface area contributed by atoms with Gasteiger partial charge in [0.15, 0.2) is 0 Å². The first-order valence-electron chi connectivity index (χ1n) is 11.2. The Morgan fingerprint density at radius 3 is 2.57 bits per heavy atom. The SMILES string of the molecule is CCCCc1ncc(C(=O)N(Cc2nccn2C)c2nn[nH]n2)n1Cc1ccc(C(=O)OC)cc1. The first-order chi connectivity index (χ1) is 17.0. The fraction of sp³-hybridized carbons (Fsp3) is 0.348. The number of benzene rings is 1. The second-order valence-electron chi connectivity index (χ2n) is 8.00. The highest BCUT2D eigenvalue weighted by Crippen LogP contribution is 2.19. The number of aryl methyl sites for hydroxylation is 2. The Balaban J connectivity index is 1.68. The molecule has 3 heterocycles. The molecule has 0 radical (unpaired) electrons. The van der Waals surface area contributed by atoms with Crippen molar-refractivity contribution < 1.29 is 14.3 Å². The molecule has 35 heavy (non-hydrogen) atoms. The maximum Gasteiger partial charge on any atom is 0.337 e. The summed E-state index contributed by atoms with van der Waals surface area (Å²) >= 11 is 0. The van der Waals surface area contributed by atoms with Gasteiger partial charge in [-0.25, -0.2) is 14.8 Å². The molecule has 0 saturated heterocycles. The number of carbonyl (C=O) groups excluding carboxylic acids is 2. The standard InChI is InChI=1S/C23H27N9O3/c1-4-5-6-19-25-13-18(31(19)14-16-7-9-17(10-8-16)22(34)35-3)21(33)32(23-26-28-29-27-23)15-20-24-11-12-30(20)2/h7-13H,4-6,14-15H2,1-3H3,(H,26,27,28,29). The van der Waals surface area contributed by atoms with E-state index in [0.717, 1.165) is 30.7 Å². The number of hydrogen-bond donors (Lipinski definition) is 1. The van der Waals surface area contributed by atoms with E-state index in [9.17, 15) is 9.59 Å². The molecule has 0 atom stereocenters. The van der Waals surface area contributed by atoms with Crippen molar-refractivity contribution >= 4 is 17.8 Å². The van der Waals surface area contributed by atoms with Crippen molar-refractivity contribution in [1.82, 2.24) is 39.7 Å². The van der Waals surface area contributed by atoms with Gasteiger partial charge in [-0.15, -0.1) is 5.10 Å². The molecule has 12 nitrogen and oxygen atoms in total. The van der Waals surface area contributed by atoms with Crippen LogP contribution >= 0.6 is 0 Å². The van der Waals surface area contributed by atoms with Crippen molar-refractivity contribution in [2.45, 2.75) is 39.3 Å². The Labute approximate surface area is 201 Å². The van der Waals surface area contributed by atoms with Crippen LogP contribution in [0.4, 0.5) is 5.95 Å². The van der Waals surface area contributed by atoms with E-state index in [4.69, 9.17) is 4.74 Å². The molecule has 0 aliphatic rings. The number of amides is 1. The van der Waals surface area contributed by atoms with E-state index in [2.05, 4.69) is 37.5 Å². The number of unbranched alkanes of at least 4 members (excludes halogenated alkanes) is 1. The number of carbonyl (C=O) groups is 2. The van der Waals surface area contributed by atoms with Crippen LogP contribution in [0.3, 0.4) is 0 Å². The van der Waals surface area contributed by atoms with E-state index in [-0.39, 0.29) is 18.4 Å². The van der Waals surface area contributed by atoms with Gasteiger partial charge >= 0.3 is 5.97 Å². The van der Waals surface area contributed by atoms with Crippen molar-refractivity contribution in [1.29, 1.82) is 0 Å². The van der Waals surface area contributed by atoms with Crippen LogP contribution in [-0.4, -0.2) is 58.7 Å². The number of aromatic nitrogens is 8. The van der Waals surface area contributed by atoms with Gasteiger partial charge in [0.05, 0.1) is 25.4 Å². The van der Waals surface area contributed by atoms with Crippen LogP contribution in [0.25, 0.3) is 0 Å². The van der Waals surface area contributed by atoms with Crippen LogP contribution in [-0.2, 0) is 31.3 Å². The molecule has 1 amide bonds. The Kier molecular flexibility index (Phi) is 7.29. The van der Waals surface area contributed by atoms with Crippen LogP contribution < -0.4 is 4.90 Å². The molecule has 0 bridgehead atoms. The third-order valence-corrected chi connectivity index (χ3v) is 5.67. The lowest BCUT2D eigenvalue weighted by molar-refractivity contribution is 0.0600. The topological polar surface area (TPSA) is 137 Å². The number of anilines is 1. The van der Waals surface area contributed by atoms with Crippen LogP contribution in [0.15, 0.2) is 42.9 Å². The average molecular weight is 478 g/mol. The van der Waals surface area contributed by atoms with Crippen LogP contribution in [0, 0.1) is 0 Å². The number of rotatable bonds is 10. The molecular weight excluding hydrogens is 450 g/mol. The fourth-order valence-electron chi connectivity index (χ4n) is 3.67. The van der Waals surface area contributed by atoms with E-state index in [1.807, 2.05) is 28.3 Å². The molecule has 12 heteroatoms. The quantitative estimate of drug-likeness (QED) is 0.343. The number of nitrogens with one attached hydrogen (secondary N) is 1. The summed E-state index contributed by atoms with van der Waals surface area (Å²) in [5.41, 5.74) is 1.77. The van der Waals surface area contributed by atoms with Crippen LogP contribution in [0.2, 0.25) is 0 Å². The zero-order valence-electron chi connectivity index (χ0n) is 19.9. The lowest BCUT2D eigenvalue weighted by atomic mass is 10.1. The summed E-state index contributed by atoms with van der Waals surface area (Å²) in [5, 5.41) is 14.1. The number of imidazole rings is 2. The number of methoxy groups -OCH3 is 1. The van der Waals surface area contributed by atoms with E-state index in [1.165, 1.54) is 12.0 Å². The molecule has 3 aromatic heterocycles. The van der Waals surface area contributed by atoms with E-state index in [0.29, 0.717) is 23.6 Å². The highest BCUT2D eigenvalue weighted by molar-refractivity contribution is 6.03. The van der Waals surface area contributed by atoms with Crippen molar-refractivity contribution in [3.8, 4) is 0 Å². The predicted molar refractivity (Wildman–Crippen MR) is 126 cm³/mol. The minimum absolute atomic E-state index is 0.142. The van der Waals surface area contributed by atoms with Gasteiger partial charge in [0.1, 0.15) is 17.3 Å². The predicted octanol–water partition coefficient (Wildman–Crippen LogP) is 2.15. The van der Waals surface area contributed by atoms with E-state index < -0.39 is 5.97 Å². The summed E-state index contributed by atoms with van der Waals surface area (Å²) in [5.74, 6) is 0.888. The average Bonchev–Trinajstić information content (AvgIpc) is 3.63. The summed E-state index contributed by atoms with van der Waals surface area (Å²) in [6.07, 6.45) is 7.72. The van der Waals surface area contributed by atoms with Crippen molar-refractivity contribution in [3.63, 3.8) is 0 Å². The summed E-state index contributed by atoms with van der Waals surface area (Å²) < 4.78 is 8.50. The first-order valence-corrected chi connectivity index (χ1v) is 11.2. The van der Waals surface area contributed by atoms with E-state index >= 15 is 0 Å². The molecule has 0 aliphatic heterocycles. The minimum atomic E-state index is -0.399. The third-order valence-electron chi connectivity index (χ3n) is 5.67. The number of nitrogens with zero attached hydrogens (tertiary/aromatic N) is 8. The van der Waals surface area contributed by atoms with Gasteiger partial charge in [0.2, 0.25) is 0 Å². The molecule has 0 unspecified atom stereocenters. The number of hydrogen-bond acceptors (Lipinski definition) is 8. The largest absolute Gasteiger partial charge is 0.465 e. The molecule has 182 valence electrons. The number of tetrazole rings is 1. The molecule has 1 aromatic carbocycles. The van der Waals surface area contributed by atoms with Crippen LogP contribution in [0.5, 0.6) is 0 Å². The van der Waals surface area contributed by atoms with Crippen molar-refractivity contribution in [3.05, 3.63) is 71.3 Å². The number of esters is 1. The number of aromatic amines is 1. The highest BCUT2D eigenvalue weighted by Gasteiger charge is 2.27. The number of H-pyrrole nitrogens is 1. The summed E-state index contributed by atoms with van der Waals surface area (Å²) in [6, 6.07) is 7.10. The van der Waals surface area contributed by atoms with Gasteiger partial charge in [-0.1, -0.05) is 30.6 Å². The van der Waals surface area contributed by atoms with Crippen molar-refractivity contribution in [2.24, 2.45) is 7.05 Å². The Bertz CT molecular complexity index is 1280. The molecule has 0 spiro atoms. The molecule has 4 aromatic rings. The zero-order chi connectivity index (χ0) is 24.8.